The number of halogens is 1. The molecular weight excluding hydrogens is 408 g/mol. The standard InChI is InChI=1S/C26H27ClN2O2/c1-20(31-24-15-9-8-14-23(24)27)26(30)29-18-16-28(17-19-29)25(21-10-4-2-5-11-21)22-12-6-3-7-13-22/h2-15,20,25H,16-19H2,1H3. The van der Waals surface area contributed by atoms with E-state index >= 15 is 0 Å². The Labute approximate surface area is 189 Å². The molecule has 1 atom stereocenters. The zero-order chi connectivity index (χ0) is 21.6. The van der Waals surface area contributed by atoms with Gasteiger partial charge in [0, 0.05) is 26.2 Å². The summed E-state index contributed by atoms with van der Waals surface area (Å²) in [5, 5.41) is 0.514. The summed E-state index contributed by atoms with van der Waals surface area (Å²) >= 11 is 6.17. The fourth-order valence-electron chi connectivity index (χ4n) is 4.12. The van der Waals surface area contributed by atoms with Crippen molar-refractivity contribution >= 4 is 17.5 Å². The molecule has 0 aliphatic carbocycles. The summed E-state index contributed by atoms with van der Waals surface area (Å²) in [4.78, 5) is 17.3. The van der Waals surface area contributed by atoms with Gasteiger partial charge in [-0.3, -0.25) is 9.69 Å². The first-order valence-electron chi connectivity index (χ1n) is 10.7. The molecule has 3 aromatic rings. The van der Waals surface area contributed by atoms with Crippen LogP contribution in [0.15, 0.2) is 84.9 Å². The van der Waals surface area contributed by atoms with Gasteiger partial charge in [0.05, 0.1) is 11.1 Å². The highest BCUT2D eigenvalue weighted by atomic mass is 35.5. The van der Waals surface area contributed by atoms with E-state index in [2.05, 4.69) is 53.4 Å². The summed E-state index contributed by atoms with van der Waals surface area (Å²) < 4.78 is 5.84. The molecule has 1 heterocycles. The molecular formula is C26H27ClN2O2. The van der Waals surface area contributed by atoms with Gasteiger partial charge < -0.3 is 9.64 Å². The molecule has 1 saturated heterocycles. The summed E-state index contributed by atoms with van der Waals surface area (Å²) in [6, 6.07) is 28.5. The zero-order valence-corrected chi connectivity index (χ0v) is 18.4. The number of hydrogen-bond donors (Lipinski definition) is 0. The van der Waals surface area contributed by atoms with Crippen LogP contribution in [0, 0.1) is 0 Å². The summed E-state index contributed by atoms with van der Waals surface area (Å²) in [6.07, 6.45) is -0.578. The Morgan fingerprint density at radius 2 is 1.32 bits per heavy atom. The van der Waals surface area contributed by atoms with Crippen molar-refractivity contribution in [3.05, 3.63) is 101 Å². The number of piperazine rings is 1. The number of ether oxygens (including phenoxy) is 1. The second kappa shape index (κ2) is 9.99. The maximum Gasteiger partial charge on any atom is 0.263 e. The lowest BCUT2D eigenvalue weighted by Gasteiger charge is -2.40. The van der Waals surface area contributed by atoms with Crippen molar-refractivity contribution in [1.29, 1.82) is 0 Å². The third-order valence-electron chi connectivity index (χ3n) is 5.71. The smallest absolute Gasteiger partial charge is 0.263 e. The lowest BCUT2D eigenvalue weighted by atomic mass is 9.96. The summed E-state index contributed by atoms with van der Waals surface area (Å²) in [7, 11) is 0. The number of carbonyl (C=O) groups excluding carboxylic acids is 1. The van der Waals surface area contributed by atoms with Crippen molar-refractivity contribution in [2.24, 2.45) is 0 Å². The average molecular weight is 435 g/mol. The molecule has 4 nitrogen and oxygen atoms in total. The molecule has 0 radical (unpaired) electrons. The second-order valence-corrected chi connectivity index (χ2v) is 8.18. The zero-order valence-electron chi connectivity index (χ0n) is 17.7. The number of hydrogen-bond acceptors (Lipinski definition) is 3. The Kier molecular flexibility index (Phi) is 6.90. The molecule has 0 saturated carbocycles. The molecule has 5 heteroatoms. The highest BCUT2D eigenvalue weighted by molar-refractivity contribution is 6.32. The van der Waals surface area contributed by atoms with Gasteiger partial charge in [-0.1, -0.05) is 84.4 Å². The summed E-state index contributed by atoms with van der Waals surface area (Å²) in [5.74, 6) is 0.535. The van der Waals surface area contributed by atoms with Gasteiger partial charge in [-0.15, -0.1) is 0 Å². The van der Waals surface area contributed by atoms with Crippen molar-refractivity contribution in [3.8, 4) is 5.75 Å². The van der Waals surface area contributed by atoms with Gasteiger partial charge in [0.15, 0.2) is 6.10 Å². The molecule has 0 spiro atoms. The van der Waals surface area contributed by atoms with E-state index in [1.807, 2.05) is 29.2 Å². The van der Waals surface area contributed by atoms with Crippen LogP contribution in [-0.4, -0.2) is 48.0 Å². The Morgan fingerprint density at radius 3 is 1.87 bits per heavy atom. The van der Waals surface area contributed by atoms with Crippen molar-refractivity contribution in [2.75, 3.05) is 26.2 Å². The highest BCUT2D eigenvalue weighted by Crippen LogP contribution is 2.30. The topological polar surface area (TPSA) is 32.8 Å². The van der Waals surface area contributed by atoms with Gasteiger partial charge >= 0.3 is 0 Å². The van der Waals surface area contributed by atoms with E-state index in [4.69, 9.17) is 16.3 Å². The summed E-state index contributed by atoms with van der Waals surface area (Å²) in [5.41, 5.74) is 2.53. The Bertz CT molecular complexity index is 949. The maximum absolute atomic E-state index is 13.0. The van der Waals surface area contributed by atoms with E-state index in [-0.39, 0.29) is 11.9 Å². The minimum Gasteiger partial charge on any atom is -0.479 e. The minimum atomic E-state index is -0.578. The van der Waals surface area contributed by atoms with Crippen LogP contribution in [0.4, 0.5) is 0 Å². The number of amides is 1. The highest BCUT2D eigenvalue weighted by Gasteiger charge is 2.30. The predicted octanol–water partition coefficient (Wildman–Crippen LogP) is 5.04. The van der Waals surface area contributed by atoms with Crippen LogP contribution < -0.4 is 4.74 Å². The van der Waals surface area contributed by atoms with Crippen LogP contribution in [0.1, 0.15) is 24.1 Å². The monoisotopic (exact) mass is 434 g/mol. The molecule has 1 amide bonds. The van der Waals surface area contributed by atoms with Gasteiger partial charge in [-0.05, 0) is 30.2 Å². The van der Waals surface area contributed by atoms with Gasteiger partial charge in [-0.2, -0.15) is 0 Å². The molecule has 1 aliphatic rings. The fraction of sp³-hybridized carbons (Fsp3) is 0.269. The fourth-order valence-corrected chi connectivity index (χ4v) is 4.30. The van der Waals surface area contributed by atoms with Crippen LogP contribution in [0.5, 0.6) is 5.75 Å². The number of rotatable bonds is 6. The van der Waals surface area contributed by atoms with E-state index in [0.717, 1.165) is 13.1 Å². The Hall–Kier alpha value is -2.82. The second-order valence-electron chi connectivity index (χ2n) is 7.78. The molecule has 1 aliphatic heterocycles. The minimum absolute atomic E-state index is 0.00413. The van der Waals surface area contributed by atoms with Crippen LogP contribution >= 0.6 is 11.6 Å². The van der Waals surface area contributed by atoms with Crippen LogP contribution in [0.3, 0.4) is 0 Å². The molecule has 160 valence electrons. The van der Waals surface area contributed by atoms with Crippen molar-refractivity contribution in [1.82, 2.24) is 9.80 Å². The van der Waals surface area contributed by atoms with E-state index in [1.165, 1.54) is 11.1 Å². The summed E-state index contributed by atoms with van der Waals surface area (Å²) in [6.45, 7) is 4.74. The van der Waals surface area contributed by atoms with Crippen LogP contribution in [0.2, 0.25) is 5.02 Å². The van der Waals surface area contributed by atoms with Crippen LogP contribution in [0.25, 0.3) is 0 Å². The van der Waals surface area contributed by atoms with E-state index in [9.17, 15) is 4.79 Å². The van der Waals surface area contributed by atoms with E-state index in [0.29, 0.717) is 23.9 Å². The Balaban J connectivity index is 1.43. The van der Waals surface area contributed by atoms with Crippen LogP contribution in [-0.2, 0) is 4.79 Å². The number of nitrogens with zero attached hydrogens (tertiary/aromatic N) is 2. The van der Waals surface area contributed by atoms with Crippen molar-refractivity contribution in [2.45, 2.75) is 19.1 Å². The number of benzene rings is 3. The lowest BCUT2D eigenvalue weighted by Crippen LogP contribution is -2.52. The molecule has 4 rings (SSSR count). The average Bonchev–Trinajstić information content (AvgIpc) is 2.82. The third-order valence-corrected chi connectivity index (χ3v) is 6.02. The number of carbonyl (C=O) groups is 1. The van der Waals surface area contributed by atoms with Gasteiger partial charge in [0.2, 0.25) is 0 Å². The quantitative estimate of drug-likeness (QED) is 0.544. The first-order valence-corrected chi connectivity index (χ1v) is 11.0. The van der Waals surface area contributed by atoms with Gasteiger partial charge in [-0.25, -0.2) is 0 Å². The van der Waals surface area contributed by atoms with E-state index in [1.54, 1.807) is 19.1 Å². The SMILES string of the molecule is CC(Oc1ccccc1Cl)C(=O)N1CCN(C(c2ccccc2)c2ccccc2)CC1. The number of para-hydroxylation sites is 1. The van der Waals surface area contributed by atoms with E-state index < -0.39 is 6.10 Å². The molecule has 0 bridgehead atoms. The molecule has 0 N–H and O–H groups in total. The first-order chi connectivity index (χ1) is 15.1. The van der Waals surface area contributed by atoms with Gasteiger partial charge in [0.25, 0.3) is 5.91 Å². The molecule has 3 aromatic carbocycles. The first kappa shape index (κ1) is 21.4. The molecule has 31 heavy (non-hydrogen) atoms. The van der Waals surface area contributed by atoms with Crippen molar-refractivity contribution in [3.63, 3.8) is 0 Å². The maximum atomic E-state index is 13.0. The predicted molar refractivity (Wildman–Crippen MR) is 124 cm³/mol. The van der Waals surface area contributed by atoms with Gasteiger partial charge in [0.1, 0.15) is 5.75 Å². The molecule has 1 fully saturated rings. The molecule has 0 aromatic heterocycles. The Morgan fingerprint density at radius 1 is 0.806 bits per heavy atom. The normalized spacial score (nSPS) is 15.6. The van der Waals surface area contributed by atoms with Crippen molar-refractivity contribution < 1.29 is 9.53 Å². The third kappa shape index (κ3) is 5.09. The lowest BCUT2D eigenvalue weighted by molar-refractivity contribution is -0.140. The molecule has 1 unspecified atom stereocenters. The largest absolute Gasteiger partial charge is 0.479 e.